The van der Waals surface area contributed by atoms with Crippen molar-refractivity contribution in [3.05, 3.63) is 34.5 Å². The van der Waals surface area contributed by atoms with E-state index in [4.69, 9.17) is 4.74 Å². The number of nitrogens with zero attached hydrogens (tertiary/aromatic N) is 4. The Labute approximate surface area is 176 Å². The van der Waals surface area contributed by atoms with Crippen LogP contribution in [0.15, 0.2) is 28.8 Å². The number of hydrogen-bond donors (Lipinski definition) is 2. The second-order valence-corrected chi connectivity index (χ2v) is 6.47. The molecule has 0 fully saturated rings. The highest BCUT2D eigenvalue weighted by Crippen LogP contribution is 2.09. The highest BCUT2D eigenvalue weighted by Gasteiger charge is 2.03. The molecule has 26 heavy (non-hydrogen) atoms. The normalized spacial score (nSPS) is 11.2. The van der Waals surface area contributed by atoms with Gasteiger partial charge in [-0.3, -0.25) is 0 Å². The maximum absolute atomic E-state index is 5.37. The fraction of sp³-hybridized carbons (Fsp3) is 0.588. The summed E-state index contributed by atoms with van der Waals surface area (Å²) in [6.45, 7) is 8.73. The maximum atomic E-state index is 5.37. The van der Waals surface area contributed by atoms with Crippen molar-refractivity contribution >= 4 is 41.3 Å². The van der Waals surface area contributed by atoms with Crippen LogP contribution in [0.1, 0.15) is 31.0 Å². The van der Waals surface area contributed by atoms with Crippen molar-refractivity contribution in [2.24, 2.45) is 4.99 Å². The van der Waals surface area contributed by atoms with E-state index in [1.54, 1.807) is 17.7 Å². The standard InChI is InChI=1S/C17H28N6OS.HI/c1-3-16-22-21-14-23(16)10-9-19-17(18-8-6-11-24-4-2)20-13-15-7-5-12-25-15;/h5,7,12,14H,3-4,6,8-11,13H2,1-2H3,(H2,18,19,20);1H. The highest BCUT2D eigenvalue weighted by molar-refractivity contribution is 14.0. The third-order valence-corrected chi connectivity index (χ3v) is 4.45. The Morgan fingerprint density at radius 3 is 2.88 bits per heavy atom. The van der Waals surface area contributed by atoms with Gasteiger partial charge >= 0.3 is 0 Å². The molecule has 7 nitrogen and oxygen atoms in total. The number of rotatable bonds is 11. The van der Waals surface area contributed by atoms with Crippen molar-refractivity contribution < 1.29 is 4.74 Å². The lowest BCUT2D eigenvalue weighted by Gasteiger charge is -2.13. The second kappa shape index (κ2) is 13.9. The van der Waals surface area contributed by atoms with Gasteiger partial charge in [-0.15, -0.1) is 45.5 Å². The van der Waals surface area contributed by atoms with Gasteiger partial charge in [0, 0.05) is 44.1 Å². The Morgan fingerprint density at radius 2 is 2.15 bits per heavy atom. The zero-order valence-corrected chi connectivity index (χ0v) is 18.6. The van der Waals surface area contributed by atoms with E-state index in [9.17, 15) is 0 Å². The Morgan fingerprint density at radius 1 is 1.31 bits per heavy atom. The van der Waals surface area contributed by atoms with E-state index in [0.29, 0.717) is 6.54 Å². The number of hydrogen-bond acceptors (Lipinski definition) is 5. The molecule has 0 atom stereocenters. The van der Waals surface area contributed by atoms with Gasteiger partial charge in [0.1, 0.15) is 12.2 Å². The summed E-state index contributed by atoms with van der Waals surface area (Å²) in [5.74, 6) is 1.83. The number of guanidine groups is 1. The van der Waals surface area contributed by atoms with Gasteiger partial charge in [-0.05, 0) is 24.8 Å². The summed E-state index contributed by atoms with van der Waals surface area (Å²) in [6.07, 6.45) is 3.62. The Hall–Kier alpha value is -1.20. The van der Waals surface area contributed by atoms with Gasteiger partial charge in [0.05, 0.1) is 6.54 Å². The van der Waals surface area contributed by atoms with Crippen LogP contribution in [0.25, 0.3) is 0 Å². The van der Waals surface area contributed by atoms with Crippen molar-refractivity contribution in [1.82, 2.24) is 25.4 Å². The Balaban J connectivity index is 0.00000338. The molecule has 2 N–H and O–H groups in total. The molecule has 9 heteroatoms. The van der Waals surface area contributed by atoms with Crippen molar-refractivity contribution in [2.45, 2.75) is 39.8 Å². The first-order valence-corrected chi connectivity index (χ1v) is 9.70. The lowest BCUT2D eigenvalue weighted by molar-refractivity contribution is 0.145. The van der Waals surface area contributed by atoms with Crippen LogP contribution in [0.2, 0.25) is 0 Å². The van der Waals surface area contributed by atoms with E-state index < -0.39 is 0 Å². The van der Waals surface area contributed by atoms with E-state index in [2.05, 4.69) is 54.8 Å². The fourth-order valence-electron chi connectivity index (χ4n) is 2.29. The maximum Gasteiger partial charge on any atom is 0.191 e. The van der Waals surface area contributed by atoms with Crippen LogP contribution in [0.3, 0.4) is 0 Å². The number of ether oxygens (including phenoxy) is 1. The minimum absolute atomic E-state index is 0. The van der Waals surface area contributed by atoms with Gasteiger partial charge < -0.3 is 19.9 Å². The molecular formula is C17H29IN6OS. The van der Waals surface area contributed by atoms with E-state index >= 15 is 0 Å². The molecule has 0 aliphatic rings. The SMILES string of the molecule is CCOCCCNC(=NCc1cccs1)NCCn1cnnc1CC.I. The first-order valence-electron chi connectivity index (χ1n) is 8.82. The van der Waals surface area contributed by atoms with E-state index in [-0.39, 0.29) is 24.0 Å². The van der Waals surface area contributed by atoms with Crippen molar-refractivity contribution in [1.29, 1.82) is 0 Å². The number of halogens is 1. The van der Waals surface area contributed by atoms with Gasteiger partial charge in [0.2, 0.25) is 0 Å². The summed E-state index contributed by atoms with van der Waals surface area (Å²) in [5, 5.41) is 16.9. The van der Waals surface area contributed by atoms with Gasteiger partial charge in [0.15, 0.2) is 5.96 Å². The van der Waals surface area contributed by atoms with Crippen LogP contribution in [0, 0.1) is 0 Å². The molecule has 0 aliphatic carbocycles. The first kappa shape index (κ1) is 22.8. The molecule has 0 bridgehead atoms. The number of nitrogens with one attached hydrogen (secondary N) is 2. The fourth-order valence-corrected chi connectivity index (χ4v) is 2.92. The largest absolute Gasteiger partial charge is 0.382 e. The number of thiophene rings is 1. The molecule has 0 saturated heterocycles. The number of aliphatic imine (C=N–C) groups is 1. The van der Waals surface area contributed by atoms with Crippen LogP contribution < -0.4 is 10.6 Å². The molecule has 2 aromatic heterocycles. The van der Waals surface area contributed by atoms with E-state index in [1.807, 2.05) is 6.92 Å². The summed E-state index contributed by atoms with van der Waals surface area (Å²) in [6, 6.07) is 4.15. The van der Waals surface area contributed by atoms with Crippen LogP contribution in [-0.2, 0) is 24.2 Å². The van der Waals surface area contributed by atoms with Crippen LogP contribution in [0.5, 0.6) is 0 Å². The topological polar surface area (TPSA) is 76.4 Å². The minimum atomic E-state index is 0. The summed E-state index contributed by atoms with van der Waals surface area (Å²) in [7, 11) is 0. The molecule has 0 amide bonds. The summed E-state index contributed by atoms with van der Waals surface area (Å²) < 4.78 is 7.44. The van der Waals surface area contributed by atoms with Crippen molar-refractivity contribution in [3.63, 3.8) is 0 Å². The minimum Gasteiger partial charge on any atom is -0.382 e. The monoisotopic (exact) mass is 492 g/mol. The lowest BCUT2D eigenvalue weighted by atomic mass is 10.4. The Bertz CT molecular complexity index is 617. The third-order valence-electron chi connectivity index (χ3n) is 3.59. The second-order valence-electron chi connectivity index (χ2n) is 5.44. The average molecular weight is 492 g/mol. The molecule has 0 saturated carbocycles. The molecular weight excluding hydrogens is 463 g/mol. The van der Waals surface area contributed by atoms with E-state index in [1.165, 1.54) is 4.88 Å². The molecule has 146 valence electrons. The van der Waals surface area contributed by atoms with Crippen molar-refractivity contribution in [3.8, 4) is 0 Å². The lowest BCUT2D eigenvalue weighted by Crippen LogP contribution is -2.39. The number of aromatic nitrogens is 3. The van der Waals surface area contributed by atoms with E-state index in [0.717, 1.165) is 57.5 Å². The molecule has 2 rings (SSSR count). The zero-order valence-electron chi connectivity index (χ0n) is 15.5. The zero-order chi connectivity index (χ0) is 17.7. The Kier molecular flexibility index (Phi) is 12.2. The summed E-state index contributed by atoms with van der Waals surface area (Å²) in [4.78, 5) is 5.92. The molecule has 2 heterocycles. The van der Waals surface area contributed by atoms with Gasteiger partial charge in [-0.1, -0.05) is 13.0 Å². The van der Waals surface area contributed by atoms with Crippen LogP contribution >= 0.6 is 35.3 Å². The van der Waals surface area contributed by atoms with Crippen molar-refractivity contribution in [2.75, 3.05) is 26.3 Å². The molecule has 0 radical (unpaired) electrons. The van der Waals surface area contributed by atoms with Gasteiger partial charge in [-0.2, -0.15) is 0 Å². The van der Waals surface area contributed by atoms with Gasteiger partial charge in [0.25, 0.3) is 0 Å². The molecule has 0 aliphatic heterocycles. The summed E-state index contributed by atoms with van der Waals surface area (Å²) in [5.41, 5.74) is 0. The quantitative estimate of drug-likeness (QED) is 0.218. The van der Waals surface area contributed by atoms with Crippen LogP contribution in [-0.4, -0.2) is 47.0 Å². The predicted octanol–water partition coefficient (Wildman–Crippen LogP) is 2.68. The average Bonchev–Trinajstić information content (AvgIpc) is 3.30. The molecule has 0 unspecified atom stereocenters. The molecule has 0 aromatic carbocycles. The number of aryl methyl sites for hydroxylation is 1. The van der Waals surface area contributed by atoms with Crippen LogP contribution in [0.4, 0.5) is 0 Å². The van der Waals surface area contributed by atoms with Gasteiger partial charge in [-0.25, -0.2) is 4.99 Å². The molecule has 2 aromatic rings. The summed E-state index contributed by atoms with van der Waals surface area (Å²) >= 11 is 1.72. The first-order chi connectivity index (χ1) is 12.3. The smallest absolute Gasteiger partial charge is 0.191 e. The molecule has 0 spiro atoms. The highest BCUT2D eigenvalue weighted by atomic mass is 127. The predicted molar refractivity (Wildman–Crippen MR) is 117 cm³/mol. The third kappa shape index (κ3) is 8.45.